The van der Waals surface area contributed by atoms with Gasteiger partial charge in [-0.1, -0.05) is 45.0 Å². The second-order valence-electron chi connectivity index (χ2n) is 5.72. The highest BCUT2D eigenvalue weighted by atomic mass is 32.1. The van der Waals surface area contributed by atoms with Gasteiger partial charge >= 0.3 is 5.97 Å². The van der Waals surface area contributed by atoms with Gasteiger partial charge in [-0.15, -0.1) is 11.3 Å². The predicted octanol–water partition coefficient (Wildman–Crippen LogP) is 3.19. The zero-order valence-corrected chi connectivity index (χ0v) is 12.6. The molecule has 0 spiro atoms. The van der Waals surface area contributed by atoms with Gasteiger partial charge in [0.1, 0.15) is 11.0 Å². The molecule has 1 aromatic carbocycles. The first-order valence-electron chi connectivity index (χ1n) is 6.34. The summed E-state index contributed by atoms with van der Waals surface area (Å²) in [6, 6.07) is 7.11. The van der Waals surface area contributed by atoms with Crippen LogP contribution in [0.15, 0.2) is 29.6 Å². The van der Waals surface area contributed by atoms with Crippen molar-refractivity contribution in [3.05, 3.63) is 40.9 Å². The Morgan fingerprint density at radius 2 is 1.90 bits per heavy atom. The SMILES string of the molecule is CC(C)(C)c1ccc(-c2nc(C(N)C(=O)O)cs2)cc1. The fourth-order valence-electron chi connectivity index (χ4n) is 1.80. The molecule has 1 aromatic heterocycles. The number of benzene rings is 1. The van der Waals surface area contributed by atoms with Crippen LogP contribution >= 0.6 is 11.3 Å². The van der Waals surface area contributed by atoms with Crippen molar-refractivity contribution in [2.24, 2.45) is 5.73 Å². The highest BCUT2D eigenvalue weighted by molar-refractivity contribution is 7.13. The molecule has 106 valence electrons. The molecule has 5 heteroatoms. The Morgan fingerprint density at radius 1 is 1.30 bits per heavy atom. The summed E-state index contributed by atoms with van der Waals surface area (Å²) in [5, 5.41) is 11.4. The molecule has 0 saturated heterocycles. The van der Waals surface area contributed by atoms with Crippen LogP contribution in [0.2, 0.25) is 0 Å². The molecule has 0 bridgehead atoms. The van der Waals surface area contributed by atoms with Gasteiger partial charge < -0.3 is 10.8 Å². The molecule has 2 rings (SSSR count). The van der Waals surface area contributed by atoms with Crippen molar-refractivity contribution in [3.63, 3.8) is 0 Å². The van der Waals surface area contributed by atoms with Gasteiger partial charge in [-0.2, -0.15) is 0 Å². The van der Waals surface area contributed by atoms with E-state index in [0.717, 1.165) is 10.6 Å². The lowest BCUT2D eigenvalue weighted by Crippen LogP contribution is -2.20. The molecular formula is C15H18N2O2S. The van der Waals surface area contributed by atoms with E-state index in [-0.39, 0.29) is 5.41 Å². The molecular weight excluding hydrogens is 272 g/mol. The van der Waals surface area contributed by atoms with Crippen molar-refractivity contribution in [1.82, 2.24) is 4.98 Å². The van der Waals surface area contributed by atoms with E-state index in [1.54, 1.807) is 5.38 Å². The summed E-state index contributed by atoms with van der Waals surface area (Å²) in [6.07, 6.45) is 0. The zero-order valence-electron chi connectivity index (χ0n) is 11.8. The first kappa shape index (κ1) is 14.7. The maximum atomic E-state index is 10.8. The van der Waals surface area contributed by atoms with Crippen molar-refractivity contribution in [1.29, 1.82) is 0 Å². The Hall–Kier alpha value is -1.72. The van der Waals surface area contributed by atoms with E-state index in [1.165, 1.54) is 16.9 Å². The summed E-state index contributed by atoms with van der Waals surface area (Å²) < 4.78 is 0. The van der Waals surface area contributed by atoms with Gasteiger partial charge in [-0.3, -0.25) is 4.79 Å². The third-order valence-electron chi connectivity index (χ3n) is 3.10. The highest BCUT2D eigenvalue weighted by Crippen LogP contribution is 2.29. The summed E-state index contributed by atoms with van der Waals surface area (Å²) in [4.78, 5) is 15.1. The minimum absolute atomic E-state index is 0.109. The van der Waals surface area contributed by atoms with Crippen LogP contribution in [0.5, 0.6) is 0 Å². The van der Waals surface area contributed by atoms with E-state index >= 15 is 0 Å². The average Bonchev–Trinajstić information content (AvgIpc) is 2.86. The Balaban J connectivity index is 2.27. The van der Waals surface area contributed by atoms with Crippen molar-refractivity contribution < 1.29 is 9.90 Å². The van der Waals surface area contributed by atoms with Crippen LogP contribution in [-0.2, 0) is 10.2 Å². The standard InChI is InChI=1S/C15H18N2O2S/c1-15(2,3)10-6-4-9(5-7-10)13-17-11(8-20-13)12(16)14(18)19/h4-8,12H,16H2,1-3H3,(H,18,19). The number of nitrogens with zero attached hydrogens (tertiary/aromatic N) is 1. The van der Waals surface area contributed by atoms with E-state index in [9.17, 15) is 4.79 Å². The van der Waals surface area contributed by atoms with Gasteiger partial charge in [-0.25, -0.2) is 4.98 Å². The van der Waals surface area contributed by atoms with E-state index in [2.05, 4.69) is 37.9 Å². The molecule has 0 aliphatic heterocycles. The van der Waals surface area contributed by atoms with E-state index in [0.29, 0.717) is 5.69 Å². The number of rotatable bonds is 3. The van der Waals surface area contributed by atoms with Crippen molar-refractivity contribution >= 4 is 17.3 Å². The number of hydrogen-bond donors (Lipinski definition) is 2. The van der Waals surface area contributed by atoms with E-state index in [1.807, 2.05) is 12.1 Å². The maximum Gasteiger partial charge on any atom is 0.326 e. The molecule has 1 heterocycles. The summed E-state index contributed by atoms with van der Waals surface area (Å²) >= 11 is 1.41. The molecule has 20 heavy (non-hydrogen) atoms. The third-order valence-corrected chi connectivity index (χ3v) is 4.01. The van der Waals surface area contributed by atoms with Gasteiger partial charge in [0.2, 0.25) is 0 Å². The molecule has 1 unspecified atom stereocenters. The molecule has 4 nitrogen and oxygen atoms in total. The number of carbonyl (C=O) groups is 1. The number of carboxylic acid groups (broad SMARTS) is 1. The Bertz CT molecular complexity index is 612. The second kappa shape index (κ2) is 5.34. The molecule has 1 atom stereocenters. The fourth-order valence-corrected chi connectivity index (χ4v) is 2.66. The van der Waals surface area contributed by atoms with Gasteiger partial charge in [0.15, 0.2) is 0 Å². The zero-order chi connectivity index (χ0) is 14.9. The number of carboxylic acids is 1. The number of aliphatic carboxylic acids is 1. The predicted molar refractivity (Wildman–Crippen MR) is 80.8 cm³/mol. The molecule has 0 fully saturated rings. The topological polar surface area (TPSA) is 76.2 Å². The maximum absolute atomic E-state index is 10.8. The van der Waals surface area contributed by atoms with Gasteiger partial charge in [0, 0.05) is 10.9 Å². The average molecular weight is 290 g/mol. The van der Waals surface area contributed by atoms with Gasteiger partial charge in [0.05, 0.1) is 5.69 Å². The number of thiazole rings is 1. The van der Waals surface area contributed by atoms with Crippen molar-refractivity contribution in [3.8, 4) is 10.6 Å². The quantitative estimate of drug-likeness (QED) is 0.910. The molecule has 0 amide bonds. The Labute approximate surface area is 122 Å². The number of aromatic nitrogens is 1. The largest absolute Gasteiger partial charge is 0.480 e. The molecule has 0 aliphatic rings. The van der Waals surface area contributed by atoms with Crippen LogP contribution < -0.4 is 5.73 Å². The Kier molecular flexibility index (Phi) is 3.92. The normalized spacial score (nSPS) is 13.2. The molecule has 0 aliphatic carbocycles. The monoisotopic (exact) mass is 290 g/mol. The van der Waals surface area contributed by atoms with Gasteiger partial charge in [-0.05, 0) is 11.0 Å². The first-order chi connectivity index (χ1) is 9.29. The lowest BCUT2D eigenvalue weighted by atomic mass is 9.87. The lowest BCUT2D eigenvalue weighted by Gasteiger charge is -2.18. The smallest absolute Gasteiger partial charge is 0.326 e. The summed E-state index contributed by atoms with van der Waals surface area (Å²) in [6.45, 7) is 6.49. The molecule has 0 radical (unpaired) electrons. The van der Waals surface area contributed by atoms with E-state index in [4.69, 9.17) is 10.8 Å². The number of nitrogens with two attached hydrogens (primary N) is 1. The molecule has 3 N–H and O–H groups in total. The molecule has 2 aromatic rings. The van der Waals surface area contributed by atoms with Gasteiger partial charge in [0.25, 0.3) is 0 Å². The first-order valence-corrected chi connectivity index (χ1v) is 7.22. The van der Waals surface area contributed by atoms with Crippen LogP contribution in [0, 0.1) is 0 Å². The van der Waals surface area contributed by atoms with Crippen LogP contribution in [-0.4, -0.2) is 16.1 Å². The summed E-state index contributed by atoms with van der Waals surface area (Å²) in [5.41, 5.74) is 8.29. The summed E-state index contributed by atoms with van der Waals surface area (Å²) in [5.74, 6) is -1.06. The van der Waals surface area contributed by atoms with Crippen LogP contribution in [0.4, 0.5) is 0 Å². The third kappa shape index (κ3) is 3.05. The molecule has 0 saturated carbocycles. The van der Waals surface area contributed by atoms with E-state index < -0.39 is 12.0 Å². The fraction of sp³-hybridized carbons (Fsp3) is 0.333. The van der Waals surface area contributed by atoms with Crippen LogP contribution in [0.25, 0.3) is 10.6 Å². The van der Waals surface area contributed by atoms with Crippen LogP contribution in [0.1, 0.15) is 38.1 Å². The minimum atomic E-state index is -1.06. The van der Waals surface area contributed by atoms with Crippen molar-refractivity contribution in [2.45, 2.75) is 32.2 Å². The van der Waals surface area contributed by atoms with Crippen molar-refractivity contribution in [2.75, 3.05) is 0 Å². The highest BCUT2D eigenvalue weighted by Gasteiger charge is 2.18. The van der Waals surface area contributed by atoms with Crippen LogP contribution in [0.3, 0.4) is 0 Å². The summed E-state index contributed by atoms with van der Waals surface area (Å²) in [7, 11) is 0. The second-order valence-corrected chi connectivity index (χ2v) is 6.58. The number of hydrogen-bond acceptors (Lipinski definition) is 4. The lowest BCUT2D eigenvalue weighted by molar-refractivity contribution is -0.138. The Morgan fingerprint density at radius 3 is 2.40 bits per heavy atom. The minimum Gasteiger partial charge on any atom is -0.480 e.